The summed E-state index contributed by atoms with van der Waals surface area (Å²) in [5, 5.41) is 8.65. The number of hydrogen-bond donors (Lipinski definition) is 1. The van der Waals surface area contributed by atoms with Crippen LogP contribution in [0, 0.1) is 0 Å². The van der Waals surface area contributed by atoms with Crippen molar-refractivity contribution in [3.63, 3.8) is 0 Å². The Morgan fingerprint density at radius 2 is 1.95 bits per heavy atom. The van der Waals surface area contributed by atoms with E-state index in [2.05, 4.69) is 40.9 Å². The van der Waals surface area contributed by atoms with Crippen molar-refractivity contribution in [1.29, 1.82) is 0 Å². The van der Waals surface area contributed by atoms with E-state index in [0.717, 1.165) is 29.4 Å². The summed E-state index contributed by atoms with van der Waals surface area (Å²) in [4.78, 5) is 5.88. The number of aromatic nitrogens is 1. The number of nitrogens with one attached hydrogen (secondary N) is 1. The summed E-state index contributed by atoms with van der Waals surface area (Å²) in [6.45, 7) is 4.92. The van der Waals surface area contributed by atoms with Crippen molar-refractivity contribution in [3.8, 4) is 10.6 Å². The molecule has 0 amide bonds. The molecule has 1 aromatic carbocycles. The number of hydrogen-bond acceptors (Lipinski definition) is 4. The highest BCUT2D eigenvalue weighted by atomic mass is 32.1. The lowest BCUT2D eigenvalue weighted by atomic mass is 10.2. The molecule has 106 valence electrons. The van der Waals surface area contributed by atoms with Crippen LogP contribution >= 0.6 is 22.7 Å². The maximum atomic E-state index is 4.69. The fraction of sp³-hybridized carbons (Fsp3) is 0.118. The number of rotatable bonds is 6. The smallest absolute Gasteiger partial charge is 0.123 e. The molecule has 0 saturated carbocycles. The van der Waals surface area contributed by atoms with E-state index >= 15 is 0 Å². The molecule has 0 saturated heterocycles. The summed E-state index contributed by atoms with van der Waals surface area (Å²) in [5.41, 5.74) is 3.30. The molecule has 0 aliphatic rings. The van der Waals surface area contributed by atoms with Gasteiger partial charge < -0.3 is 5.32 Å². The van der Waals surface area contributed by atoms with Crippen LogP contribution < -0.4 is 5.32 Å². The monoisotopic (exact) mass is 312 g/mol. The van der Waals surface area contributed by atoms with E-state index in [-0.39, 0.29) is 0 Å². The average molecular weight is 312 g/mol. The highest BCUT2D eigenvalue weighted by Crippen LogP contribution is 2.23. The standard InChI is InChI=1S/C17H16N2S2/c1-13(16-8-5-11-20-16)18-10-9-15-12-21-17(19-15)14-6-3-2-4-7-14/h2-8,11-12,18H,1,9-10H2. The highest BCUT2D eigenvalue weighted by molar-refractivity contribution is 7.13. The van der Waals surface area contributed by atoms with Gasteiger partial charge in [0.15, 0.2) is 0 Å². The Bertz CT molecular complexity index is 699. The van der Waals surface area contributed by atoms with Crippen molar-refractivity contribution in [2.45, 2.75) is 6.42 Å². The molecule has 2 heterocycles. The highest BCUT2D eigenvalue weighted by Gasteiger charge is 2.05. The van der Waals surface area contributed by atoms with Gasteiger partial charge in [-0.1, -0.05) is 43.0 Å². The first-order valence-electron chi connectivity index (χ1n) is 6.79. The zero-order valence-corrected chi connectivity index (χ0v) is 13.2. The summed E-state index contributed by atoms with van der Waals surface area (Å²) in [7, 11) is 0. The molecule has 1 N–H and O–H groups in total. The minimum Gasteiger partial charge on any atom is -0.384 e. The molecule has 21 heavy (non-hydrogen) atoms. The zero-order valence-electron chi connectivity index (χ0n) is 11.6. The predicted octanol–water partition coefficient (Wildman–Crippen LogP) is 4.67. The number of nitrogens with zero attached hydrogens (tertiary/aromatic N) is 1. The van der Waals surface area contributed by atoms with Gasteiger partial charge in [-0.2, -0.15) is 0 Å². The van der Waals surface area contributed by atoms with Gasteiger partial charge in [-0.05, 0) is 11.4 Å². The minimum absolute atomic E-state index is 0.856. The lowest BCUT2D eigenvalue weighted by Gasteiger charge is -2.06. The molecular formula is C17H16N2S2. The molecule has 2 nitrogen and oxygen atoms in total. The second kappa shape index (κ2) is 6.70. The van der Waals surface area contributed by atoms with E-state index in [9.17, 15) is 0 Å². The number of thiophene rings is 1. The third-order valence-electron chi connectivity index (χ3n) is 3.11. The Morgan fingerprint density at radius 3 is 2.71 bits per heavy atom. The largest absolute Gasteiger partial charge is 0.384 e. The Morgan fingerprint density at radius 1 is 1.10 bits per heavy atom. The SMILES string of the molecule is C=C(NCCc1csc(-c2ccccc2)n1)c1cccs1. The fourth-order valence-electron chi connectivity index (χ4n) is 2.01. The van der Waals surface area contributed by atoms with E-state index in [1.54, 1.807) is 22.7 Å². The quantitative estimate of drug-likeness (QED) is 0.715. The van der Waals surface area contributed by atoms with Gasteiger partial charge in [0.05, 0.1) is 5.69 Å². The van der Waals surface area contributed by atoms with Crippen molar-refractivity contribution >= 4 is 28.4 Å². The first-order valence-corrected chi connectivity index (χ1v) is 8.55. The molecule has 0 atom stereocenters. The van der Waals surface area contributed by atoms with E-state index < -0.39 is 0 Å². The van der Waals surface area contributed by atoms with E-state index in [4.69, 9.17) is 4.98 Å². The Kier molecular flexibility index (Phi) is 4.48. The predicted molar refractivity (Wildman–Crippen MR) is 92.6 cm³/mol. The molecule has 0 aliphatic heterocycles. The van der Waals surface area contributed by atoms with E-state index in [0.29, 0.717) is 0 Å². The van der Waals surface area contributed by atoms with E-state index in [1.165, 1.54) is 10.4 Å². The van der Waals surface area contributed by atoms with Crippen molar-refractivity contribution in [2.24, 2.45) is 0 Å². The molecule has 2 aromatic heterocycles. The summed E-state index contributed by atoms with van der Waals surface area (Å²) < 4.78 is 0. The van der Waals surface area contributed by atoms with Gasteiger partial charge in [0.2, 0.25) is 0 Å². The maximum absolute atomic E-state index is 4.69. The van der Waals surface area contributed by atoms with Crippen molar-refractivity contribution in [1.82, 2.24) is 10.3 Å². The van der Waals surface area contributed by atoms with Crippen molar-refractivity contribution < 1.29 is 0 Å². The van der Waals surface area contributed by atoms with Gasteiger partial charge in [0.25, 0.3) is 0 Å². The van der Waals surface area contributed by atoms with Gasteiger partial charge in [-0.15, -0.1) is 22.7 Å². The molecule has 0 bridgehead atoms. The zero-order chi connectivity index (χ0) is 14.5. The Hall–Kier alpha value is -1.91. The Balaban J connectivity index is 1.55. The van der Waals surface area contributed by atoms with Gasteiger partial charge in [-0.25, -0.2) is 4.98 Å². The summed E-state index contributed by atoms with van der Waals surface area (Å²) in [5.74, 6) is 0. The summed E-state index contributed by atoms with van der Waals surface area (Å²) >= 11 is 3.40. The molecule has 0 unspecified atom stereocenters. The average Bonchev–Trinajstić information content (AvgIpc) is 3.20. The van der Waals surface area contributed by atoms with Gasteiger partial charge in [0.1, 0.15) is 5.01 Å². The lowest BCUT2D eigenvalue weighted by molar-refractivity contribution is 0.835. The number of benzene rings is 1. The fourth-order valence-corrected chi connectivity index (χ4v) is 3.55. The van der Waals surface area contributed by atoms with Gasteiger partial charge >= 0.3 is 0 Å². The molecule has 0 fully saturated rings. The summed E-state index contributed by atoms with van der Waals surface area (Å²) in [6, 6.07) is 14.4. The van der Waals surface area contributed by atoms with E-state index in [1.807, 2.05) is 24.3 Å². The third kappa shape index (κ3) is 3.60. The van der Waals surface area contributed by atoms with Crippen LogP contribution in [0.1, 0.15) is 10.6 Å². The van der Waals surface area contributed by atoms with Crippen LogP contribution in [0.4, 0.5) is 0 Å². The maximum Gasteiger partial charge on any atom is 0.123 e. The Labute approximate surface area is 132 Å². The van der Waals surface area contributed by atoms with Crippen LogP contribution in [0.2, 0.25) is 0 Å². The first kappa shape index (κ1) is 14.0. The molecular weight excluding hydrogens is 296 g/mol. The first-order chi connectivity index (χ1) is 10.3. The van der Waals surface area contributed by atoms with Crippen molar-refractivity contribution in [2.75, 3.05) is 6.54 Å². The topological polar surface area (TPSA) is 24.9 Å². The third-order valence-corrected chi connectivity index (χ3v) is 4.98. The minimum atomic E-state index is 0.856. The molecule has 0 radical (unpaired) electrons. The van der Waals surface area contributed by atoms with Crippen LogP contribution in [0.15, 0.2) is 59.8 Å². The molecule has 3 rings (SSSR count). The van der Waals surface area contributed by atoms with Crippen LogP contribution in [-0.4, -0.2) is 11.5 Å². The van der Waals surface area contributed by atoms with Gasteiger partial charge in [0, 0.05) is 34.5 Å². The lowest BCUT2D eigenvalue weighted by Crippen LogP contribution is -2.14. The van der Waals surface area contributed by atoms with Crippen LogP contribution in [-0.2, 0) is 6.42 Å². The second-order valence-corrected chi connectivity index (χ2v) is 6.45. The van der Waals surface area contributed by atoms with Gasteiger partial charge in [-0.3, -0.25) is 0 Å². The molecule has 4 heteroatoms. The van der Waals surface area contributed by atoms with Crippen LogP contribution in [0.5, 0.6) is 0 Å². The molecule has 3 aromatic rings. The van der Waals surface area contributed by atoms with Crippen molar-refractivity contribution in [3.05, 3.63) is 70.4 Å². The van der Waals surface area contributed by atoms with Crippen LogP contribution in [0.25, 0.3) is 16.3 Å². The second-order valence-electron chi connectivity index (χ2n) is 4.64. The van der Waals surface area contributed by atoms with Crippen LogP contribution in [0.3, 0.4) is 0 Å². The normalized spacial score (nSPS) is 10.5. The summed E-state index contributed by atoms with van der Waals surface area (Å²) in [6.07, 6.45) is 0.910. The molecule has 0 spiro atoms. The molecule has 0 aliphatic carbocycles. The number of thiazole rings is 1.